The molecule has 1 aromatic carbocycles. The fourth-order valence-corrected chi connectivity index (χ4v) is 1.72. The molecular weight excluding hydrogens is 240 g/mol. The molecule has 1 rings (SSSR count). The third-order valence-corrected chi connectivity index (χ3v) is 2.76. The van der Waals surface area contributed by atoms with E-state index in [0.29, 0.717) is 6.42 Å². The Morgan fingerprint density at radius 2 is 1.86 bits per heavy atom. The molecule has 76 valence electrons. The minimum atomic E-state index is 0.0651. The summed E-state index contributed by atoms with van der Waals surface area (Å²) in [5.41, 5.74) is 1.34. The lowest BCUT2D eigenvalue weighted by Crippen LogP contribution is -2.15. The first-order valence-electron chi connectivity index (χ1n) is 4.71. The van der Waals surface area contributed by atoms with Gasteiger partial charge in [0.2, 0.25) is 0 Å². The quantitative estimate of drug-likeness (QED) is 0.751. The smallest absolute Gasteiger partial charge is 0.120 e. The molecule has 1 aromatic rings. The highest BCUT2D eigenvalue weighted by Gasteiger charge is 2.17. The van der Waals surface area contributed by atoms with E-state index in [4.69, 9.17) is 0 Å². The second kappa shape index (κ2) is 4.74. The number of carbonyl (C=O) groups excluding carboxylic acids is 1. The maximum absolute atomic E-state index is 10.5. The van der Waals surface area contributed by atoms with Crippen LogP contribution in [0.5, 0.6) is 0 Å². The predicted octanol–water partition coefficient (Wildman–Crippen LogP) is 3.61. The van der Waals surface area contributed by atoms with Crippen LogP contribution in [0.15, 0.2) is 28.7 Å². The van der Waals surface area contributed by atoms with Crippen molar-refractivity contribution in [2.75, 3.05) is 0 Å². The van der Waals surface area contributed by atoms with Crippen molar-refractivity contribution in [1.29, 1.82) is 0 Å². The molecule has 0 N–H and O–H groups in total. The topological polar surface area (TPSA) is 17.1 Å². The average Bonchev–Trinajstić information content (AvgIpc) is 2.08. The van der Waals surface area contributed by atoms with Gasteiger partial charge in [-0.05, 0) is 29.5 Å². The maximum Gasteiger partial charge on any atom is 0.120 e. The second-order valence-corrected chi connectivity index (χ2v) is 5.25. The maximum atomic E-state index is 10.5. The monoisotopic (exact) mass is 254 g/mol. The first-order valence-corrected chi connectivity index (χ1v) is 5.51. The number of aldehydes is 1. The number of carbonyl (C=O) groups is 1. The van der Waals surface area contributed by atoms with E-state index < -0.39 is 0 Å². The Hall–Kier alpha value is -0.630. The highest BCUT2D eigenvalue weighted by atomic mass is 79.9. The molecule has 0 aliphatic rings. The summed E-state index contributed by atoms with van der Waals surface area (Å²) in [6.07, 6.45) is 2.56. The second-order valence-electron chi connectivity index (χ2n) is 4.34. The van der Waals surface area contributed by atoms with Crippen LogP contribution in [0.25, 0.3) is 0 Å². The van der Waals surface area contributed by atoms with Gasteiger partial charge in [0.25, 0.3) is 0 Å². The molecule has 2 heteroatoms. The van der Waals surface area contributed by atoms with Crippen molar-refractivity contribution in [3.63, 3.8) is 0 Å². The summed E-state index contributed by atoms with van der Waals surface area (Å²) in [5.74, 6) is 0. The molecule has 1 nitrogen and oxygen atoms in total. The summed E-state index contributed by atoms with van der Waals surface area (Å²) in [6.45, 7) is 4.23. The van der Waals surface area contributed by atoms with Crippen molar-refractivity contribution in [3.8, 4) is 0 Å². The molecular formula is C12H15BrO. The van der Waals surface area contributed by atoms with Gasteiger partial charge in [-0.15, -0.1) is 0 Å². The van der Waals surface area contributed by atoms with Gasteiger partial charge in [-0.25, -0.2) is 0 Å². The minimum absolute atomic E-state index is 0.0651. The molecule has 0 radical (unpaired) electrons. The van der Waals surface area contributed by atoms with E-state index in [-0.39, 0.29) is 5.41 Å². The summed E-state index contributed by atoms with van der Waals surface area (Å²) in [7, 11) is 0. The third kappa shape index (κ3) is 3.62. The zero-order chi connectivity index (χ0) is 10.6. The van der Waals surface area contributed by atoms with Crippen LogP contribution in [0.4, 0.5) is 0 Å². The Bertz CT molecular complexity index is 301. The van der Waals surface area contributed by atoms with Gasteiger partial charge in [0, 0.05) is 10.9 Å². The molecule has 0 aliphatic heterocycles. The first kappa shape index (κ1) is 11.4. The van der Waals surface area contributed by atoms with Gasteiger partial charge >= 0.3 is 0 Å². The Kier molecular flexibility index (Phi) is 3.87. The van der Waals surface area contributed by atoms with Gasteiger partial charge in [0.15, 0.2) is 0 Å². The van der Waals surface area contributed by atoms with E-state index in [2.05, 4.69) is 41.9 Å². The molecule has 0 amide bonds. The van der Waals surface area contributed by atoms with E-state index in [0.717, 1.165) is 17.2 Å². The Labute approximate surface area is 93.7 Å². The Balaban J connectivity index is 2.68. The van der Waals surface area contributed by atoms with Crippen molar-refractivity contribution < 1.29 is 4.79 Å². The zero-order valence-corrected chi connectivity index (χ0v) is 10.2. The summed E-state index contributed by atoms with van der Waals surface area (Å²) in [4.78, 5) is 10.5. The first-order chi connectivity index (χ1) is 6.53. The summed E-state index contributed by atoms with van der Waals surface area (Å²) in [6, 6.07) is 8.26. The van der Waals surface area contributed by atoms with Gasteiger partial charge in [0.05, 0.1) is 0 Å². The van der Waals surface area contributed by atoms with E-state index in [9.17, 15) is 4.79 Å². The van der Waals surface area contributed by atoms with Gasteiger partial charge in [0.1, 0.15) is 6.29 Å². The SMILES string of the molecule is CC(C)(CC=O)Cc1ccc(Br)cc1. The van der Waals surface area contributed by atoms with Crippen LogP contribution < -0.4 is 0 Å². The van der Waals surface area contributed by atoms with Crippen LogP contribution >= 0.6 is 15.9 Å². The van der Waals surface area contributed by atoms with Gasteiger partial charge in [-0.1, -0.05) is 41.9 Å². The molecule has 0 bridgehead atoms. The number of benzene rings is 1. The number of rotatable bonds is 4. The van der Waals surface area contributed by atoms with Crippen LogP contribution in [-0.4, -0.2) is 6.29 Å². The normalized spacial score (nSPS) is 11.4. The Morgan fingerprint density at radius 3 is 2.36 bits per heavy atom. The molecule has 0 spiro atoms. The Morgan fingerprint density at radius 1 is 1.29 bits per heavy atom. The molecule has 0 unspecified atom stereocenters. The zero-order valence-electron chi connectivity index (χ0n) is 8.59. The highest BCUT2D eigenvalue weighted by molar-refractivity contribution is 9.10. The number of hydrogen-bond donors (Lipinski definition) is 0. The van der Waals surface area contributed by atoms with E-state index in [1.807, 2.05) is 12.1 Å². The van der Waals surface area contributed by atoms with Crippen LogP contribution in [-0.2, 0) is 11.2 Å². The minimum Gasteiger partial charge on any atom is -0.303 e. The lowest BCUT2D eigenvalue weighted by Gasteiger charge is -2.21. The molecule has 0 aromatic heterocycles. The van der Waals surface area contributed by atoms with Crippen LogP contribution in [0.2, 0.25) is 0 Å². The van der Waals surface area contributed by atoms with Gasteiger partial charge in [-0.3, -0.25) is 0 Å². The van der Waals surface area contributed by atoms with Crippen molar-refractivity contribution >= 4 is 22.2 Å². The number of hydrogen-bond acceptors (Lipinski definition) is 1. The van der Waals surface area contributed by atoms with Crippen molar-refractivity contribution in [3.05, 3.63) is 34.3 Å². The molecule has 0 heterocycles. The molecule has 0 fully saturated rings. The summed E-state index contributed by atoms with van der Waals surface area (Å²) in [5, 5.41) is 0. The summed E-state index contributed by atoms with van der Waals surface area (Å²) < 4.78 is 1.09. The van der Waals surface area contributed by atoms with Crippen molar-refractivity contribution in [2.24, 2.45) is 5.41 Å². The van der Waals surface area contributed by atoms with E-state index in [1.54, 1.807) is 0 Å². The fourth-order valence-electron chi connectivity index (χ4n) is 1.45. The lowest BCUT2D eigenvalue weighted by atomic mass is 9.83. The predicted molar refractivity (Wildman–Crippen MR) is 62.3 cm³/mol. The fraction of sp³-hybridized carbons (Fsp3) is 0.417. The molecule has 0 saturated carbocycles. The number of halogens is 1. The third-order valence-electron chi connectivity index (χ3n) is 2.23. The standard InChI is InChI=1S/C12H15BrO/c1-12(2,7-8-14)9-10-3-5-11(13)6-4-10/h3-6,8H,7,9H2,1-2H3. The van der Waals surface area contributed by atoms with Crippen molar-refractivity contribution in [2.45, 2.75) is 26.7 Å². The molecule has 14 heavy (non-hydrogen) atoms. The van der Waals surface area contributed by atoms with E-state index >= 15 is 0 Å². The van der Waals surface area contributed by atoms with E-state index in [1.165, 1.54) is 5.56 Å². The van der Waals surface area contributed by atoms with Crippen molar-refractivity contribution in [1.82, 2.24) is 0 Å². The van der Waals surface area contributed by atoms with Gasteiger partial charge in [-0.2, -0.15) is 0 Å². The largest absolute Gasteiger partial charge is 0.303 e. The lowest BCUT2D eigenvalue weighted by molar-refractivity contribution is -0.109. The molecule has 0 aliphatic carbocycles. The molecule has 0 atom stereocenters. The van der Waals surface area contributed by atoms with Crippen LogP contribution in [0.3, 0.4) is 0 Å². The highest BCUT2D eigenvalue weighted by Crippen LogP contribution is 2.25. The average molecular weight is 255 g/mol. The molecule has 0 saturated heterocycles. The van der Waals surface area contributed by atoms with Gasteiger partial charge < -0.3 is 4.79 Å². The summed E-state index contributed by atoms with van der Waals surface area (Å²) >= 11 is 3.40. The van der Waals surface area contributed by atoms with Crippen LogP contribution in [0.1, 0.15) is 25.8 Å². The van der Waals surface area contributed by atoms with Crippen LogP contribution in [0, 0.1) is 5.41 Å².